The minimum atomic E-state index is -0.526. The average molecular weight is 372 g/mol. The van der Waals surface area contributed by atoms with Crippen LogP contribution in [-0.2, 0) is 17.6 Å². The molecule has 2 aromatic carbocycles. The topological polar surface area (TPSA) is 71.2 Å². The number of carbonyl (C=O) groups excluding carboxylic acids is 1. The Balaban J connectivity index is 1.35. The lowest BCUT2D eigenvalue weighted by molar-refractivity contribution is 0.158. The van der Waals surface area contributed by atoms with Gasteiger partial charge in [0, 0.05) is 17.7 Å². The zero-order valence-corrected chi connectivity index (χ0v) is 15.3. The molecule has 28 heavy (non-hydrogen) atoms. The summed E-state index contributed by atoms with van der Waals surface area (Å²) in [6, 6.07) is 17.9. The monoisotopic (exact) mass is 372 g/mol. The van der Waals surface area contributed by atoms with E-state index in [-0.39, 0.29) is 18.1 Å². The molecule has 0 spiro atoms. The number of aromatic amines is 1. The molecule has 2 N–H and O–H groups in total. The van der Waals surface area contributed by atoms with E-state index in [9.17, 15) is 9.59 Å². The summed E-state index contributed by atoms with van der Waals surface area (Å²) in [6.45, 7) is 0.255. The van der Waals surface area contributed by atoms with Crippen LogP contribution in [0.15, 0.2) is 59.4 Å². The molecule has 0 radical (unpaired) electrons. The van der Waals surface area contributed by atoms with Crippen molar-refractivity contribution in [2.75, 3.05) is 11.9 Å². The molecule has 1 aromatic heterocycles. The first-order chi connectivity index (χ1) is 13.7. The van der Waals surface area contributed by atoms with Crippen LogP contribution in [0.2, 0.25) is 0 Å². The predicted molar refractivity (Wildman–Crippen MR) is 108 cm³/mol. The zero-order valence-electron chi connectivity index (χ0n) is 15.3. The number of H-pyrrole nitrogens is 1. The van der Waals surface area contributed by atoms with Crippen molar-refractivity contribution in [2.24, 2.45) is 0 Å². The van der Waals surface area contributed by atoms with Crippen LogP contribution >= 0.6 is 0 Å². The van der Waals surface area contributed by atoms with Crippen LogP contribution in [0.25, 0.3) is 11.1 Å². The molecule has 0 atom stereocenters. The molecule has 0 fully saturated rings. The third-order valence-electron chi connectivity index (χ3n) is 5.67. The van der Waals surface area contributed by atoms with Gasteiger partial charge in [0.15, 0.2) is 0 Å². The lowest BCUT2D eigenvalue weighted by Crippen LogP contribution is -2.20. The summed E-state index contributed by atoms with van der Waals surface area (Å²) < 4.78 is 5.58. The van der Waals surface area contributed by atoms with E-state index < -0.39 is 6.09 Å². The van der Waals surface area contributed by atoms with Gasteiger partial charge < -0.3 is 9.72 Å². The highest BCUT2D eigenvalue weighted by atomic mass is 16.5. The summed E-state index contributed by atoms with van der Waals surface area (Å²) in [4.78, 5) is 27.1. The van der Waals surface area contributed by atoms with Gasteiger partial charge in [-0.25, -0.2) is 4.79 Å². The highest BCUT2D eigenvalue weighted by Crippen LogP contribution is 2.44. The van der Waals surface area contributed by atoms with Gasteiger partial charge in [-0.05, 0) is 47.1 Å². The van der Waals surface area contributed by atoms with Crippen molar-refractivity contribution in [1.29, 1.82) is 0 Å². The Labute approximate surface area is 162 Å². The third kappa shape index (κ3) is 2.80. The second kappa shape index (κ2) is 6.68. The van der Waals surface area contributed by atoms with Crippen LogP contribution in [0.3, 0.4) is 0 Å². The zero-order chi connectivity index (χ0) is 19.1. The lowest BCUT2D eigenvalue weighted by atomic mass is 9.98. The van der Waals surface area contributed by atoms with Gasteiger partial charge in [-0.3, -0.25) is 10.1 Å². The quantitative estimate of drug-likeness (QED) is 0.723. The number of benzene rings is 2. The number of rotatable bonds is 3. The van der Waals surface area contributed by atoms with Crippen LogP contribution < -0.4 is 10.9 Å². The second-order valence-corrected chi connectivity index (χ2v) is 7.31. The summed E-state index contributed by atoms with van der Waals surface area (Å²) in [5.74, 6) is 0.0167. The highest BCUT2D eigenvalue weighted by molar-refractivity contribution is 5.86. The number of aryl methyl sites for hydroxylation is 1. The molecular formula is C23H20N2O3. The molecule has 5 nitrogen and oxygen atoms in total. The van der Waals surface area contributed by atoms with E-state index in [0.29, 0.717) is 5.69 Å². The van der Waals surface area contributed by atoms with Crippen LogP contribution in [0.1, 0.15) is 34.7 Å². The molecule has 1 heterocycles. The van der Waals surface area contributed by atoms with Crippen LogP contribution in [-0.4, -0.2) is 17.7 Å². The molecule has 5 heteroatoms. The molecule has 0 saturated carbocycles. The summed E-state index contributed by atoms with van der Waals surface area (Å²) in [6.07, 6.45) is 2.14. The SMILES string of the molecule is O=C(Nc1cc(=O)[nH]c2c1CCC2)OCC1c2ccccc2-c2ccccc21. The van der Waals surface area contributed by atoms with E-state index in [1.54, 1.807) is 0 Å². The third-order valence-corrected chi connectivity index (χ3v) is 5.67. The van der Waals surface area contributed by atoms with E-state index >= 15 is 0 Å². The van der Waals surface area contributed by atoms with E-state index in [4.69, 9.17) is 4.74 Å². The number of fused-ring (bicyclic) bond motifs is 4. The summed E-state index contributed by atoms with van der Waals surface area (Å²) >= 11 is 0. The minimum Gasteiger partial charge on any atom is -0.448 e. The molecule has 0 aliphatic heterocycles. The molecule has 0 unspecified atom stereocenters. The van der Waals surface area contributed by atoms with E-state index in [0.717, 1.165) is 30.5 Å². The van der Waals surface area contributed by atoms with Crippen molar-refractivity contribution in [3.8, 4) is 11.1 Å². The van der Waals surface area contributed by atoms with Gasteiger partial charge in [0.1, 0.15) is 6.61 Å². The van der Waals surface area contributed by atoms with E-state index in [2.05, 4.69) is 34.6 Å². The Morgan fingerprint density at radius 2 is 1.71 bits per heavy atom. The standard InChI is InChI=1S/C23H20N2O3/c26-22-12-21(18-10-5-11-20(18)24-22)25-23(27)28-13-19-16-8-3-1-6-14(16)15-7-2-4-9-17(15)19/h1-4,6-9,12,19H,5,10-11,13H2,(H2,24,25,26,27). The Hall–Kier alpha value is -3.34. The van der Waals surface area contributed by atoms with Crippen molar-refractivity contribution in [1.82, 2.24) is 4.98 Å². The van der Waals surface area contributed by atoms with Crippen molar-refractivity contribution in [3.05, 3.63) is 87.3 Å². The van der Waals surface area contributed by atoms with Gasteiger partial charge in [0.25, 0.3) is 0 Å². The maximum absolute atomic E-state index is 12.5. The maximum Gasteiger partial charge on any atom is 0.411 e. The fourth-order valence-electron chi connectivity index (χ4n) is 4.44. The fourth-order valence-corrected chi connectivity index (χ4v) is 4.44. The fraction of sp³-hybridized carbons (Fsp3) is 0.217. The van der Waals surface area contributed by atoms with Gasteiger partial charge in [0.05, 0.1) is 5.69 Å². The molecule has 5 rings (SSSR count). The number of anilines is 1. The van der Waals surface area contributed by atoms with Crippen molar-refractivity contribution >= 4 is 11.8 Å². The molecule has 0 saturated heterocycles. The van der Waals surface area contributed by atoms with Crippen LogP contribution in [0, 0.1) is 0 Å². The number of carbonyl (C=O) groups is 1. The first-order valence-electron chi connectivity index (χ1n) is 9.58. The first-order valence-corrected chi connectivity index (χ1v) is 9.58. The largest absolute Gasteiger partial charge is 0.448 e. The smallest absolute Gasteiger partial charge is 0.411 e. The molecule has 2 aliphatic rings. The molecule has 0 bridgehead atoms. The summed E-state index contributed by atoms with van der Waals surface area (Å²) in [5.41, 5.74) is 7.03. The van der Waals surface area contributed by atoms with Crippen molar-refractivity contribution in [2.45, 2.75) is 25.2 Å². The van der Waals surface area contributed by atoms with Gasteiger partial charge in [0.2, 0.25) is 5.56 Å². The van der Waals surface area contributed by atoms with Crippen LogP contribution in [0.5, 0.6) is 0 Å². The van der Waals surface area contributed by atoms with Gasteiger partial charge in [-0.2, -0.15) is 0 Å². The van der Waals surface area contributed by atoms with Crippen molar-refractivity contribution < 1.29 is 9.53 Å². The van der Waals surface area contributed by atoms with Gasteiger partial charge >= 0.3 is 6.09 Å². The van der Waals surface area contributed by atoms with E-state index in [1.165, 1.54) is 28.3 Å². The van der Waals surface area contributed by atoms with E-state index in [1.807, 2.05) is 24.3 Å². The van der Waals surface area contributed by atoms with Gasteiger partial charge in [-0.1, -0.05) is 48.5 Å². The normalized spacial score (nSPS) is 14.3. The number of hydrogen-bond acceptors (Lipinski definition) is 3. The molecule has 2 aliphatic carbocycles. The molecule has 3 aromatic rings. The van der Waals surface area contributed by atoms with Crippen molar-refractivity contribution in [3.63, 3.8) is 0 Å². The van der Waals surface area contributed by atoms with Crippen LogP contribution in [0.4, 0.5) is 10.5 Å². The average Bonchev–Trinajstić information content (AvgIpc) is 3.29. The Kier molecular flexibility index (Phi) is 4.01. The number of hydrogen-bond donors (Lipinski definition) is 2. The summed E-state index contributed by atoms with van der Waals surface area (Å²) in [5, 5.41) is 2.77. The first kappa shape index (κ1) is 16.8. The Bertz CT molecular complexity index is 1090. The molecule has 140 valence electrons. The highest BCUT2D eigenvalue weighted by Gasteiger charge is 2.29. The maximum atomic E-state index is 12.5. The lowest BCUT2D eigenvalue weighted by Gasteiger charge is -2.15. The number of amides is 1. The minimum absolute atomic E-state index is 0.0167. The second-order valence-electron chi connectivity index (χ2n) is 7.31. The number of ether oxygens (including phenoxy) is 1. The predicted octanol–water partition coefficient (Wildman–Crippen LogP) is 4.22. The van der Waals surface area contributed by atoms with Gasteiger partial charge in [-0.15, -0.1) is 0 Å². The molecule has 1 amide bonds. The summed E-state index contributed by atoms with van der Waals surface area (Å²) in [7, 11) is 0. The number of nitrogens with one attached hydrogen (secondary N) is 2. The Morgan fingerprint density at radius 1 is 1.04 bits per heavy atom. The number of aromatic nitrogens is 1. The Morgan fingerprint density at radius 3 is 2.43 bits per heavy atom. The number of pyridine rings is 1. The molecular weight excluding hydrogens is 352 g/mol.